The van der Waals surface area contributed by atoms with Gasteiger partial charge in [-0.25, -0.2) is 9.55 Å². The topological polar surface area (TPSA) is 59.6 Å². The number of azo groups is 1. The maximum atomic E-state index is 13.1. The van der Waals surface area contributed by atoms with Gasteiger partial charge in [-0.15, -0.1) is 5.11 Å². The van der Waals surface area contributed by atoms with E-state index in [1.54, 1.807) is 10.6 Å². The van der Waals surface area contributed by atoms with Crippen molar-refractivity contribution in [2.45, 2.75) is 39.7 Å². The fourth-order valence-electron chi connectivity index (χ4n) is 2.77. The number of hydrogen-bond donors (Lipinski definition) is 0. The third kappa shape index (κ3) is 3.50. The van der Waals surface area contributed by atoms with Gasteiger partial charge in [-0.05, 0) is 49.6 Å². The minimum atomic E-state index is -0.130. The van der Waals surface area contributed by atoms with E-state index in [9.17, 15) is 4.79 Å². The molecule has 0 aliphatic rings. The minimum absolute atomic E-state index is 0.130. The van der Waals surface area contributed by atoms with Crippen molar-refractivity contribution in [3.8, 4) is 5.69 Å². The molecular formula is C20H22N4O. The van der Waals surface area contributed by atoms with E-state index in [1.807, 2.05) is 49.4 Å². The van der Waals surface area contributed by atoms with E-state index in [-0.39, 0.29) is 11.6 Å². The van der Waals surface area contributed by atoms with Gasteiger partial charge < -0.3 is 0 Å². The zero-order valence-corrected chi connectivity index (χ0v) is 14.8. The summed E-state index contributed by atoms with van der Waals surface area (Å²) in [6.45, 7) is 6.15. The van der Waals surface area contributed by atoms with Crippen molar-refractivity contribution in [2.75, 3.05) is 0 Å². The van der Waals surface area contributed by atoms with Crippen molar-refractivity contribution < 1.29 is 0 Å². The number of rotatable bonds is 5. The fraction of sp³-hybridized carbons (Fsp3) is 0.300. The van der Waals surface area contributed by atoms with Gasteiger partial charge in [0.1, 0.15) is 0 Å². The lowest BCUT2D eigenvalue weighted by Crippen LogP contribution is -2.20. The monoisotopic (exact) mass is 334 g/mol. The van der Waals surface area contributed by atoms with Gasteiger partial charge in [0.25, 0.3) is 11.5 Å². The van der Waals surface area contributed by atoms with Gasteiger partial charge in [-0.3, -0.25) is 4.79 Å². The zero-order chi connectivity index (χ0) is 17.8. The van der Waals surface area contributed by atoms with Gasteiger partial charge in [0.2, 0.25) is 0 Å². The number of hydrogen-bond acceptors (Lipinski definition) is 4. The Hall–Kier alpha value is -2.82. The van der Waals surface area contributed by atoms with Gasteiger partial charge in [0.05, 0.1) is 22.6 Å². The second kappa shape index (κ2) is 7.38. The molecule has 0 saturated carbocycles. The first-order valence-electron chi connectivity index (χ1n) is 8.63. The smallest absolute Gasteiger partial charge is 0.267 e. The first-order valence-corrected chi connectivity index (χ1v) is 8.63. The molecule has 0 aliphatic heterocycles. The van der Waals surface area contributed by atoms with E-state index in [0.717, 1.165) is 24.1 Å². The van der Waals surface area contributed by atoms with Crippen LogP contribution in [0.1, 0.15) is 32.3 Å². The van der Waals surface area contributed by atoms with Crippen LogP contribution < -0.4 is 5.56 Å². The fourth-order valence-corrected chi connectivity index (χ4v) is 2.77. The first-order chi connectivity index (χ1) is 12.1. The molecule has 1 aromatic heterocycles. The predicted octanol–water partition coefficient (Wildman–Crippen LogP) is 4.97. The summed E-state index contributed by atoms with van der Waals surface area (Å²) >= 11 is 0. The van der Waals surface area contributed by atoms with Gasteiger partial charge in [0.15, 0.2) is 0 Å². The van der Waals surface area contributed by atoms with E-state index in [1.165, 1.54) is 0 Å². The highest BCUT2D eigenvalue weighted by Gasteiger charge is 2.13. The quantitative estimate of drug-likeness (QED) is 0.619. The molecule has 2 aromatic carbocycles. The van der Waals surface area contributed by atoms with E-state index in [2.05, 4.69) is 29.1 Å². The normalized spacial score (nSPS) is 11.7. The molecule has 0 bridgehead atoms. The van der Waals surface area contributed by atoms with Gasteiger partial charge in [0, 0.05) is 0 Å². The maximum Gasteiger partial charge on any atom is 0.267 e. The molecule has 5 heteroatoms. The van der Waals surface area contributed by atoms with Crippen LogP contribution in [-0.4, -0.2) is 15.6 Å². The summed E-state index contributed by atoms with van der Waals surface area (Å²) in [4.78, 5) is 17.7. The molecule has 25 heavy (non-hydrogen) atoms. The Balaban J connectivity index is 2.26. The highest BCUT2D eigenvalue weighted by atomic mass is 16.1. The van der Waals surface area contributed by atoms with Crippen LogP contribution in [0.3, 0.4) is 0 Å². The van der Waals surface area contributed by atoms with Crippen LogP contribution in [0, 0.1) is 6.92 Å². The van der Waals surface area contributed by atoms with E-state index >= 15 is 0 Å². The Bertz CT molecular complexity index is 971. The summed E-state index contributed by atoms with van der Waals surface area (Å²) in [5.74, 6) is 0.321. The lowest BCUT2D eigenvalue weighted by atomic mass is 10.2. The summed E-state index contributed by atoms with van der Waals surface area (Å²) in [6.07, 6.45) is 1.81. The molecule has 1 heterocycles. The Labute approximate surface area is 147 Å². The Morgan fingerprint density at radius 1 is 1.08 bits per heavy atom. The molecule has 3 rings (SSSR count). The van der Waals surface area contributed by atoms with Crippen molar-refractivity contribution in [2.24, 2.45) is 10.2 Å². The number of fused-ring (bicyclic) bond motifs is 1. The molecule has 0 unspecified atom stereocenters. The largest absolute Gasteiger partial charge is 0.268 e. The van der Waals surface area contributed by atoms with Crippen LogP contribution in [0.25, 0.3) is 16.6 Å². The summed E-state index contributed by atoms with van der Waals surface area (Å²) in [5.41, 5.74) is 2.33. The van der Waals surface area contributed by atoms with Crippen molar-refractivity contribution in [3.05, 3.63) is 64.4 Å². The molecule has 0 amide bonds. The van der Waals surface area contributed by atoms with Crippen LogP contribution in [0.2, 0.25) is 0 Å². The highest BCUT2D eigenvalue weighted by Crippen LogP contribution is 2.20. The number of benzene rings is 2. The standard InChI is InChI=1S/C20H22N4O/c1-4-15(5-2)22-23-20-21-18-12-7-6-11-17(18)19(25)24(20)16-10-8-9-14(3)13-16/h6-13,15H,4-5H2,1-3H3. The molecule has 0 saturated heterocycles. The molecule has 0 fully saturated rings. The van der Waals surface area contributed by atoms with E-state index < -0.39 is 0 Å². The molecule has 5 nitrogen and oxygen atoms in total. The molecule has 0 aliphatic carbocycles. The average Bonchev–Trinajstić information content (AvgIpc) is 2.63. The molecular weight excluding hydrogens is 312 g/mol. The van der Waals surface area contributed by atoms with Crippen molar-refractivity contribution >= 4 is 16.9 Å². The van der Waals surface area contributed by atoms with Crippen molar-refractivity contribution in [1.29, 1.82) is 0 Å². The molecule has 128 valence electrons. The average molecular weight is 334 g/mol. The second-order valence-electron chi connectivity index (χ2n) is 6.09. The Kier molecular flexibility index (Phi) is 5.03. The summed E-state index contributed by atoms with van der Waals surface area (Å²) in [7, 11) is 0. The van der Waals surface area contributed by atoms with Crippen LogP contribution in [-0.2, 0) is 0 Å². The van der Waals surface area contributed by atoms with Crippen LogP contribution in [0.15, 0.2) is 63.6 Å². The Morgan fingerprint density at radius 3 is 2.56 bits per heavy atom. The summed E-state index contributed by atoms with van der Waals surface area (Å²) < 4.78 is 1.54. The summed E-state index contributed by atoms with van der Waals surface area (Å²) in [6, 6.07) is 15.2. The van der Waals surface area contributed by atoms with E-state index in [0.29, 0.717) is 16.9 Å². The van der Waals surface area contributed by atoms with Gasteiger partial charge in [-0.1, -0.05) is 38.1 Å². The number of para-hydroxylation sites is 1. The van der Waals surface area contributed by atoms with Crippen molar-refractivity contribution in [3.63, 3.8) is 0 Å². The second-order valence-corrected chi connectivity index (χ2v) is 6.09. The van der Waals surface area contributed by atoms with Crippen LogP contribution in [0.4, 0.5) is 5.95 Å². The number of aryl methyl sites for hydroxylation is 1. The Morgan fingerprint density at radius 2 is 1.84 bits per heavy atom. The third-order valence-corrected chi connectivity index (χ3v) is 4.27. The number of nitrogens with zero attached hydrogens (tertiary/aromatic N) is 4. The lowest BCUT2D eigenvalue weighted by Gasteiger charge is -2.11. The highest BCUT2D eigenvalue weighted by molar-refractivity contribution is 5.78. The van der Waals surface area contributed by atoms with Gasteiger partial charge in [-0.2, -0.15) is 5.11 Å². The predicted molar refractivity (Wildman–Crippen MR) is 101 cm³/mol. The molecule has 0 atom stereocenters. The minimum Gasteiger partial charge on any atom is -0.268 e. The molecule has 3 aromatic rings. The maximum absolute atomic E-state index is 13.1. The van der Waals surface area contributed by atoms with Crippen LogP contribution >= 0.6 is 0 Å². The first kappa shape index (κ1) is 17.0. The summed E-state index contributed by atoms with van der Waals surface area (Å²) in [5, 5.41) is 9.31. The molecule has 0 radical (unpaired) electrons. The molecule has 0 N–H and O–H groups in total. The SMILES string of the molecule is CCC(CC)N=Nc1nc2ccccc2c(=O)n1-c1cccc(C)c1. The number of aromatic nitrogens is 2. The van der Waals surface area contributed by atoms with Gasteiger partial charge >= 0.3 is 0 Å². The van der Waals surface area contributed by atoms with Crippen molar-refractivity contribution in [1.82, 2.24) is 9.55 Å². The third-order valence-electron chi connectivity index (χ3n) is 4.27. The lowest BCUT2D eigenvalue weighted by molar-refractivity contribution is 0.600. The van der Waals surface area contributed by atoms with Crippen LogP contribution in [0.5, 0.6) is 0 Å². The van der Waals surface area contributed by atoms with E-state index in [4.69, 9.17) is 0 Å². The zero-order valence-electron chi connectivity index (χ0n) is 14.8. The molecule has 0 spiro atoms.